The summed E-state index contributed by atoms with van der Waals surface area (Å²) >= 11 is 0. The maximum absolute atomic E-state index is 14.3. The van der Waals surface area contributed by atoms with Gasteiger partial charge >= 0.3 is 0 Å². The van der Waals surface area contributed by atoms with E-state index in [0.717, 1.165) is 16.9 Å². The highest BCUT2D eigenvalue weighted by molar-refractivity contribution is 5.47. The van der Waals surface area contributed by atoms with Crippen molar-refractivity contribution in [1.29, 1.82) is 0 Å². The smallest absolute Gasteiger partial charge is 0.129 e. The third-order valence-electron chi connectivity index (χ3n) is 4.85. The first kappa shape index (κ1) is 15.2. The first-order chi connectivity index (χ1) is 11.6. The Morgan fingerprint density at radius 2 is 1.83 bits per heavy atom. The van der Waals surface area contributed by atoms with Crippen LogP contribution in [0.25, 0.3) is 5.69 Å². The molecule has 1 aromatic heterocycles. The van der Waals surface area contributed by atoms with Gasteiger partial charge in [0.05, 0.1) is 11.7 Å². The number of fused-ring (bicyclic) bond motifs is 3. The fraction of sp³-hybridized carbons (Fsp3) is 0.238. The number of hydrogen-bond donors (Lipinski definition) is 1. The Kier molecular flexibility index (Phi) is 3.73. The largest absolute Gasteiger partial charge is 0.319 e. The fourth-order valence-electron chi connectivity index (χ4n) is 3.47. The van der Waals surface area contributed by atoms with Gasteiger partial charge in [-0.3, -0.25) is 0 Å². The maximum Gasteiger partial charge on any atom is 0.129 e. The summed E-state index contributed by atoms with van der Waals surface area (Å²) < 4.78 is 16.4. The zero-order valence-electron chi connectivity index (χ0n) is 14.0. The van der Waals surface area contributed by atoms with Crippen LogP contribution >= 0.6 is 0 Å². The topological polar surface area (TPSA) is 17.0 Å². The van der Waals surface area contributed by atoms with Crippen LogP contribution in [0.4, 0.5) is 4.39 Å². The van der Waals surface area contributed by atoms with Crippen molar-refractivity contribution in [1.82, 2.24) is 9.88 Å². The number of nitrogens with zero attached hydrogens (tertiary/aromatic N) is 1. The zero-order valence-corrected chi connectivity index (χ0v) is 14.0. The van der Waals surface area contributed by atoms with E-state index in [2.05, 4.69) is 54.1 Å². The summed E-state index contributed by atoms with van der Waals surface area (Å²) in [7, 11) is 0. The molecule has 1 atom stereocenters. The fourth-order valence-corrected chi connectivity index (χ4v) is 3.47. The van der Waals surface area contributed by atoms with Crippen LogP contribution < -0.4 is 5.32 Å². The van der Waals surface area contributed by atoms with Gasteiger partial charge in [-0.15, -0.1) is 0 Å². The summed E-state index contributed by atoms with van der Waals surface area (Å²) in [6, 6.07) is 18.2. The lowest BCUT2D eigenvalue weighted by atomic mass is 9.98. The summed E-state index contributed by atoms with van der Waals surface area (Å²) in [5.41, 5.74) is 5.31. The molecule has 1 aliphatic heterocycles. The van der Waals surface area contributed by atoms with Gasteiger partial charge in [-0.1, -0.05) is 44.2 Å². The van der Waals surface area contributed by atoms with E-state index >= 15 is 0 Å². The van der Waals surface area contributed by atoms with E-state index in [1.54, 1.807) is 6.07 Å². The number of rotatable bonds is 2. The van der Waals surface area contributed by atoms with Crippen LogP contribution in [0.1, 0.15) is 48.2 Å². The van der Waals surface area contributed by atoms with Gasteiger partial charge in [0.15, 0.2) is 0 Å². The van der Waals surface area contributed by atoms with Crippen molar-refractivity contribution < 1.29 is 4.39 Å². The Bertz CT molecular complexity index is 862. The summed E-state index contributed by atoms with van der Waals surface area (Å²) in [6.07, 6.45) is 2.01. The van der Waals surface area contributed by atoms with Gasteiger partial charge in [-0.2, -0.15) is 0 Å². The molecule has 0 aliphatic carbocycles. The van der Waals surface area contributed by atoms with E-state index in [1.807, 2.05) is 18.3 Å². The molecule has 24 heavy (non-hydrogen) atoms. The number of halogens is 1. The second-order valence-electron chi connectivity index (χ2n) is 6.68. The van der Waals surface area contributed by atoms with Crippen LogP contribution in [-0.4, -0.2) is 4.57 Å². The monoisotopic (exact) mass is 320 g/mol. The molecule has 2 heterocycles. The van der Waals surface area contributed by atoms with Crippen molar-refractivity contribution in [2.24, 2.45) is 0 Å². The van der Waals surface area contributed by atoms with E-state index in [4.69, 9.17) is 0 Å². The summed E-state index contributed by atoms with van der Waals surface area (Å²) in [5, 5.41) is 3.53. The van der Waals surface area contributed by atoms with E-state index < -0.39 is 0 Å². The van der Waals surface area contributed by atoms with Gasteiger partial charge in [0.25, 0.3) is 0 Å². The molecule has 0 saturated carbocycles. The van der Waals surface area contributed by atoms with Crippen LogP contribution in [0.15, 0.2) is 60.8 Å². The van der Waals surface area contributed by atoms with Crippen molar-refractivity contribution in [3.63, 3.8) is 0 Å². The molecule has 0 amide bonds. The molecule has 1 unspecified atom stereocenters. The van der Waals surface area contributed by atoms with E-state index in [1.165, 1.54) is 17.2 Å². The molecule has 0 bridgehead atoms. The summed E-state index contributed by atoms with van der Waals surface area (Å²) in [6.45, 7) is 4.91. The standard InChI is InChI=1S/C21H21FN2/c1-14(2)15-8-10-16(11-9-15)21-20-7-4-12-24(20)19-6-3-5-18(22)17(19)13-23-21/h3-12,14,21,23H,13H2,1-2H3. The number of hydrogen-bond acceptors (Lipinski definition) is 1. The molecular formula is C21H21FN2. The van der Waals surface area contributed by atoms with Gasteiger partial charge in [0, 0.05) is 24.0 Å². The van der Waals surface area contributed by atoms with E-state index in [9.17, 15) is 4.39 Å². The van der Waals surface area contributed by atoms with Crippen LogP contribution in [0.2, 0.25) is 0 Å². The SMILES string of the molecule is CC(C)c1ccc(C2NCc3c(F)cccc3-n3cccc32)cc1. The third-order valence-corrected chi connectivity index (χ3v) is 4.85. The molecule has 1 N–H and O–H groups in total. The van der Waals surface area contributed by atoms with Crippen molar-refractivity contribution in [2.45, 2.75) is 32.4 Å². The third kappa shape index (κ3) is 2.45. The lowest BCUT2D eigenvalue weighted by Crippen LogP contribution is -2.21. The number of aromatic nitrogens is 1. The lowest BCUT2D eigenvalue weighted by Gasteiger charge is -2.19. The molecule has 1 aliphatic rings. The Morgan fingerprint density at radius 1 is 1.04 bits per heavy atom. The Labute approximate surface area is 141 Å². The van der Waals surface area contributed by atoms with Crippen LogP contribution in [0.5, 0.6) is 0 Å². The van der Waals surface area contributed by atoms with Gasteiger partial charge in [-0.05, 0) is 41.3 Å². The van der Waals surface area contributed by atoms with Gasteiger partial charge in [0.1, 0.15) is 5.82 Å². The number of nitrogens with one attached hydrogen (secondary N) is 1. The molecule has 0 radical (unpaired) electrons. The normalized spacial score (nSPS) is 16.6. The summed E-state index contributed by atoms with van der Waals surface area (Å²) in [4.78, 5) is 0. The second kappa shape index (κ2) is 5.91. The molecule has 3 aromatic rings. The van der Waals surface area contributed by atoms with Crippen LogP contribution in [-0.2, 0) is 6.54 Å². The molecule has 3 heteroatoms. The van der Waals surface area contributed by atoms with Gasteiger partial charge < -0.3 is 9.88 Å². The van der Waals surface area contributed by atoms with E-state index in [-0.39, 0.29) is 11.9 Å². The van der Waals surface area contributed by atoms with Crippen molar-refractivity contribution in [3.05, 3.63) is 89.0 Å². The molecule has 0 fully saturated rings. The predicted octanol–water partition coefficient (Wildman–Crippen LogP) is 4.93. The average Bonchev–Trinajstić information content (AvgIpc) is 3.00. The minimum absolute atomic E-state index is 0.0491. The first-order valence-corrected chi connectivity index (χ1v) is 8.43. The quantitative estimate of drug-likeness (QED) is 0.708. The van der Waals surface area contributed by atoms with Crippen molar-refractivity contribution >= 4 is 0 Å². The molecule has 2 nitrogen and oxygen atoms in total. The lowest BCUT2D eigenvalue weighted by molar-refractivity contribution is 0.566. The molecule has 122 valence electrons. The van der Waals surface area contributed by atoms with Crippen LogP contribution in [0, 0.1) is 5.82 Å². The minimum atomic E-state index is -0.157. The molecule has 0 spiro atoms. The van der Waals surface area contributed by atoms with Crippen molar-refractivity contribution in [3.8, 4) is 5.69 Å². The zero-order chi connectivity index (χ0) is 16.7. The molecule has 0 saturated heterocycles. The van der Waals surface area contributed by atoms with Gasteiger partial charge in [-0.25, -0.2) is 4.39 Å². The Hall–Kier alpha value is -2.39. The number of benzene rings is 2. The van der Waals surface area contributed by atoms with E-state index in [0.29, 0.717) is 12.5 Å². The predicted molar refractivity (Wildman–Crippen MR) is 94.9 cm³/mol. The van der Waals surface area contributed by atoms with Crippen molar-refractivity contribution in [2.75, 3.05) is 0 Å². The summed E-state index contributed by atoms with van der Waals surface area (Å²) in [5.74, 6) is 0.360. The molecule has 4 rings (SSSR count). The van der Waals surface area contributed by atoms with Gasteiger partial charge in [0.2, 0.25) is 0 Å². The molecular weight excluding hydrogens is 299 g/mol. The molecule has 2 aromatic carbocycles. The highest BCUT2D eigenvalue weighted by Gasteiger charge is 2.24. The highest BCUT2D eigenvalue weighted by atomic mass is 19.1. The van der Waals surface area contributed by atoms with Crippen LogP contribution in [0.3, 0.4) is 0 Å². The highest BCUT2D eigenvalue weighted by Crippen LogP contribution is 2.31. The minimum Gasteiger partial charge on any atom is -0.319 e. The average molecular weight is 320 g/mol. The maximum atomic E-state index is 14.3. The second-order valence-corrected chi connectivity index (χ2v) is 6.68. The first-order valence-electron chi connectivity index (χ1n) is 8.43. The Balaban J connectivity index is 1.79. The Morgan fingerprint density at radius 3 is 2.58 bits per heavy atom.